The average Bonchev–Trinajstić information content (AvgIpc) is 2.38. The number of hydrogen-bond acceptors (Lipinski definition) is 2. The third-order valence-electron chi connectivity index (χ3n) is 2.79. The van der Waals surface area contributed by atoms with E-state index in [1.54, 1.807) is 18.2 Å². The minimum Gasteiger partial charge on any atom is -0.508 e. The number of benzene rings is 2. The molecule has 0 unspecified atom stereocenters. The highest BCUT2D eigenvalue weighted by Crippen LogP contribution is 2.18. The fraction of sp³-hybridized carbons (Fsp3) is 0.133. The number of nitrogens with one attached hydrogen (secondary N) is 1. The topological polar surface area (TPSA) is 49.3 Å². The first-order valence-electron chi connectivity index (χ1n) is 6.07. The second-order valence-electron chi connectivity index (χ2n) is 4.30. The van der Waals surface area contributed by atoms with Crippen LogP contribution in [0.2, 0.25) is 0 Å². The molecule has 0 aromatic heterocycles. The van der Waals surface area contributed by atoms with Gasteiger partial charge in [0.05, 0.1) is 5.56 Å². The standard InChI is InChI=1S/C15H13BrFNO2/c16-14-9-11(17)4-5-13(14)15(20)18-7-6-10-2-1-3-12(19)8-10/h1-5,8-9,19H,6-7H2,(H,18,20). The highest BCUT2D eigenvalue weighted by atomic mass is 79.9. The predicted octanol–water partition coefficient (Wildman–Crippen LogP) is 3.27. The van der Waals surface area contributed by atoms with Crippen LogP contribution in [0, 0.1) is 5.82 Å². The molecule has 0 aliphatic rings. The van der Waals surface area contributed by atoms with Crippen LogP contribution in [0.3, 0.4) is 0 Å². The van der Waals surface area contributed by atoms with Crippen molar-refractivity contribution in [1.82, 2.24) is 5.32 Å². The molecular weight excluding hydrogens is 325 g/mol. The van der Waals surface area contributed by atoms with Gasteiger partial charge in [-0.05, 0) is 58.2 Å². The van der Waals surface area contributed by atoms with Crippen molar-refractivity contribution in [2.75, 3.05) is 6.54 Å². The summed E-state index contributed by atoms with van der Waals surface area (Å²) in [5.74, 6) is -0.458. The molecule has 0 bridgehead atoms. The van der Waals surface area contributed by atoms with Gasteiger partial charge in [-0.15, -0.1) is 0 Å². The second-order valence-corrected chi connectivity index (χ2v) is 5.15. The molecule has 0 aliphatic carbocycles. The molecule has 5 heteroatoms. The molecule has 2 N–H and O–H groups in total. The van der Waals surface area contributed by atoms with Gasteiger partial charge in [-0.3, -0.25) is 4.79 Å². The Morgan fingerprint density at radius 3 is 2.75 bits per heavy atom. The maximum absolute atomic E-state index is 12.9. The van der Waals surface area contributed by atoms with Gasteiger partial charge in [-0.1, -0.05) is 12.1 Å². The maximum atomic E-state index is 12.9. The van der Waals surface area contributed by atoms with E-state index >= 15 is 0 Å². The molecule has 0 saturated heterocycles. The third kappa shape index (κ3) is 3.81. The zero-order valence-corrected chi connectivity index (χ0v) is 12.2. The lowest BCUT2D eigenvalue weighted by molar-refractivity contribution is 0.0953. The number of phenols is 1. The van der Waals surface area contributed by atoms with Gasteiger partial charge in [0.15, 0.2) is 0 Å². The highest BCUT2D eigenvalue weighted by Gasteiger charge is 2.10. The first-order valence-corrected chi connectivity index (χ1v) is 6.87. The van der Waals surface area contributed by atoms with E-state index in [0.29, 0.717) is 23.0 Å². The largest absolute Gasteiger partial charge is 0.508 e. The van der Waals surface area contributed by atoms with Crippen LogP contribution in [0.1, 0.15) is 15.9 Å². The normalized spacial score (nSPS) is 10.3. The Balaban J connectivity index is 1.92. The van der Waals surface area contributed by atoms with Crippen molar-refractivity contribution in [3.63, 3.8) is 0 Å². The van der Waals surface area contributed by atoms with Crippen LogP contribution >= 0.6 is 15.9 Å². The zero-order chi connectivity index (χ0) is 14.5. The summed E-state index contributed by atoms with van der Waals surface area (Å²) in [6.07, 6.45) is 0.610. The summed E-state index contributed by atoms with van der Waals surface area (Å²) in [4.78, 5) is 11.9. The van der Waals surface area contributed by atoms with E-state index < -0.39 is 5.82 Å². The molecule has 0 aliphatic heterocycles. The molecule has 0 radical (unpaired) electrons. The van der Waals surface area contributed by atoms with Gasteiger partial charge in [0, 0.05) is 11.0 Å². The Kier molecular flexibility index (Phi) is 4.74. The minimum absolute atomic E-state index is 0.204. The number of halogens is 2. The summed E-state index contributed by atoms with van der Waals surface area (Å²) in [5.41, 5.74) is 1.32. The molecule has 0 saturated carbocycles. The van der Waals surface area contributed by atoms with Crippen LogP contribution in [-0.4, -0.2) is 17.6 Å². The van der Waals surface area contributed by atoms with Crippen LogP contribution in [0.15, 0.2) is 46.9 Å². The SMILES string of the molecule is O=C(NCCc1cccc(O)c1)c1ccc(F)cc1Br. The molecule has 2 aromatic carbocycles. The summed E-state index contributed by atoms with van der Waals surface area (Å²) in [5, 5.41) is 12.1. The molecule has 20 heavy (non-hydrogen) atoms. The van der Waals surface area contributed by atoms with E-state index in [1.165, 1.54) is 18.2 Å². The van der Waals surface area contributed by atoms with Gasteiger partial charge in [0.1, 0.15) is 11.6 Å². The number of rotatable bonds is 4. The van der Waals surface area contributed by atoms with Crippen LogP contribution < -0.4 is 5.32 Å². The lowest BCUT2D eigenvalue weighted by Crippen LogP contribution is -2.26. The molecule has 3 nitrogen and oxygen atoms in total. The average molecular weight is 338 g/mol. The van der Waals surface area contributed by atoms with E-state index in [2.05, 4.69) is 21.2 Å². The van der Waals surface area contributed by atoms with Gasteiger partial charge < -0.3 is 10.4 Å². The fourth-order valence-electron chi connectivity index (χ4n) is 1.80. The summed E-state index contributed by atoms with van der Waals surface area (Å²) in [6, 6.07) is 10.8. The molecule has 104 valence electrons. The van der Waals surface area contributed by atoms with E-state index in [1.807, 2.05) is 6.07 Å². The Hall–Kier alpha value is -1.88. The van der Waals surface area contributed by atoms with Gasteiger partial charge in [0.25, 0.3) is 5.91 Å². The third-order valence-corrected chi connectivity index (χ3v) is 3.44. The molecule has 2 rings (SSSR count). The van der Waals surface area contributed by atoms with E-state index in [0.717, 1.165) is 5.56 Å². The van der Waals surface area contributed by atoms with Crippen LogP contribution in [-0.2, 0) is 6.42 Å². The van der Waals surface area contributed by atoms with Gasteiger partial charge in [0.2, 0.25) is 0 Å². The molecule has 0 heterocycles. The lowest BCUT2D eigenvalue weighted by atomic mass is 10.1. The van der Waals surface area contributed by atoms with Crippen molar-refractivity contribution >= 4 is 21.8 Å². The Bertz CT molecular complexity index is 631. The van der Waals surface area contributed by atoms with Crippen LogP contribution in [0.5, 0.6) is 5.75 Å². The van der Waals surface area contributed by atoms with Gasteiger partial charge >= 0.3 is 0 Å². The monoisotopic (exact) mass is 337 g/mol. The van der Waals surface area contributed by atoms with Crippen molar-refractivity contribution < 1.29 is 14.3 Å². The predicted molar refractivity (Wildman–Crippen MR) is 78.2 cm³/mol. The number of carbonyl (C=O) groups excluding carboxylic acids is 1. The smallest absolute Gasteiger partial charge is 0.252 e. The number of phenolic OH excluding ortho intramolecular Hbond substituents is 1. The number of hydrogen-bond donors (Lipinski definition) is 2. The Morgan fingerprint density at radius 1 is 1.25 bits per heavy atom. The molecule has 1 amide bonds. The zero-order valence-electron chi connectivity index (χ0n) is 10.6. The van der Waals surface area contributed by atoms with E-state index in [-0.39, 0.29) is 11.7 Å². The van der Waals surface area contributed by atoms with Crippen molar-refractivity contribution in [3.05, 3.63) is 63.9 Å². The first-order chi connectivity index (χ1) is 9.56. The summed E-state index contributed by atoms with van der Waals surface area (Å²) < 4.78 is 13.4. The van der Waals surface area contributed by atoms with Crippen molar-refractivity contribution in [1.29, 1.82) is 0 Å². The Labute approximate surface area is 124 Å². The van der Waals surface area contributed by atoms with Crippen LogP contribution in [0.25, 0.3) is 0 Å². The fourth-order valence-corrected chi connectivity index (χ4v) is 2.33. The molecule has 0 fully saturated rings. The van der Waals surface area contributed by atoms with Crippen LogP contribution in [0.4, 0.5) is 4.39 Å². The maximum Gasteiger partial charge on any atom is 0.252 e. The quantitative estimate of drug-likeness (QED) is 0.899. The molecule has 0 spiro atoms. The van der Waals surface area contributed by atoms with E-state index in [4.69, 9.17) is 0 Å². The number of amides is 1. The summed E-state index contributed by atoms with van der Waals surface area (Å²) in [7, 11) is 0. The molecule has 2 aromatic rings. The second kappa shape index (κ2) is 6.52. The van der Waals surface area contributed by atoms with Gasteiger partial charge in [-0.2, -0.15) is 0 Å². The summed E-state index contributed by atoms with van der Waals surface area (Å²) >= 11 is 3.16. The van der Waals surface area contributed by atoms with E-state index in [9.17, 15) is 14.3 Å². The Morgan fingerprint density at radius 2 is 2.05 bits per heavy atom. The first kappa shape index (κ1) is 14.5. The summed E-state index contributed by atoms with van der Waals surface area (Å²) in [6.45, 7) is 0.437. The number of aromatic hydroxyl groups is 1. The van der Waals surface area contributed by atoms with Gasteiger partial charge in [-0.25, -0.2) is 4.39 Å². The molecular formula is C15H13BrFNO2. The molecule has 0 atom stereocenters. The van der Waals surface area contributed by atoms with Crippen molar-refractivity contribution in [2.45, 2.75) is 6.42 Å². The highest BCUT2D eigenvalue weighted by molar-refractivity contribution is 9.10. The van der Waals surface area contributed by atoms with Crippen molar-refractivity contribution in [2.24, 2.45) is 0 Å². The number of carbonyl (C=O) groups is 1. The van der Waals surface area contributed by atoms with Crippen molar-refractivity contribution in [3.8, 4) is 5.75 Å². The lowest BCUT2D eigenvalue weighted by Gasteiger charge is -2.07. The minimum atomic E-state index is -0.395.